The number of carbonyl (C=O) groups excluding carboxylic acids is 1. The maximum Gasteiger partial charge on any atom is 0.348 e. The molecule has 0 saturated heterocycles. The highest BCUT2D eigenvalue weighted by Crippen LogP contribution is 2.03. The topological polar surface area (TPSA) is 59.3 Å². The van der Waals surface area contributed by atoms with E-state index in [0.717, 1.165) is 6.42 Å². The fourth-order valence-electron chi connectivity index (χ4n) is 1.24. The zero-order valence-electron chi connectivity index (χ0n) is 11.0. The predicted molar refractivity (Wildman–Crippen MR) is 65.2 cm³/mol. The molecule has 0 aromatic heterocycles. The van der Waals surface area contributed by atoms with E-state index in [1.165, 1.54) is 0 Å². The van der Waals surface area contributed by atoms with Gasteiger partial charge >= 0.3 is 5.97 Å². The van der Waals surface area contributed by atoms with E-state index in [9.17, 15) is 4.79 Å². The molecule has 4 nitrogen and oxygen atoms in total. The summed E-state index contributed by atoms with van der Waals surface area (Å²) in [5, 5.41) is 8.78. The summed E-state index contributed by atoms with van der Waals surface area (Å²) in [7, 11) is 0. The van der Waals surface area contributed by atoms with E-state index in [2.05, 4.69) is 0 Å². The summed E-state index contributed by atoms with van der Waals surface area (Å²) >= 11 is 0. The third-order valence-corrected chi connectivity index (χ3v) is 1.93. The average Bonchev–Trinajstić information content (AvgIpc) is 2.26. The van der Waals surface area contributed by atoms with Crippen LogP contribution >= 0.6 is 0 Å². The number of ether oxygens (including phenoxy) is 2. The molecule has 0 amide bonds. The molecular formula is C13H21NO3. The molecule has 0 fully saturated rings. The molecule has 17 heavy (non-hydrogen) atoms. The Hall–Kier alpha value is -1.34. The highest BCUT2D eigenvalue weighted by atomic mass is 16.6. The van der Waals surface area contributed by atoms with Gasteiger partial charge in [-0.2, -0.15) is 5.26 Å². The Kier molecular flexibility index (Phi) is 8.08. The largest absolute Gasteiger partial charge is 0.459 e. The van der Waals surface area contributed by atoms with Gasteiger partial charge in [-0.3, -0.25) is 0 Å². The number of hydrogen-bond donors (Lipinski definition) is 0. The van der Waals surface area contributed by atoms with E-state index in [1.54, 1.807) is 6.08 Å². The van der Waals surface area contributed by atoms with Crippen molar-refractivity contribution in [3.63, 3.8) is 0 Å². The summed E-state index contributed by atoms with van der Waals surface area (Å²) in [4.78, 5) is 11.5. The lowest BCUT2D eigenvalue weighted by molar-refractivity contribution is -0.143. The first kappa shape index (κ1) is 15.7. The van der Waals surface area contributed by atoms with Gasteiger partial charge in [0.25, 0.3) is 0 Å². The Morgan fingerprint density at radius 1 is 1.41 bits per heavy atom. The van der Waals surface area contributed by atoms with Crippen molar-refractivity contribution in [2.24, 2.45) is 0 Å². The first-order valence-corrected chi connectivity index (χ1v) is 5.94. The highest BCUT2D eigenvalue weighted by Gasteiger charge is 2.13. The lowest BCUT2D eigenvalue weighted by Crippen LogP contribution is -2.22. The van der Waals surface area contributed by atoms with E-state index >= 15 is 0 Å². The Morgan fingerprint density at radius 2 is 2.06 bits per heavy atom. The Morgan fingerprint density at radius 3 is 2.53 bits per heavy atom. The first-order valence-electron chi connectivity index (χ1n) is 5.94. The molecule has 0 aliphatic heterocycles. The first-order chi connectivity index (χ1) is 8.01. The van der Waals surface area contributed by atoms with Crippen molar-refractivity contribution in [3.8, 4) is 6.07 Å². The van der Waals surface area contributed by atoms with Gasteiger partial charge in [0, 0.05) is 0 Å². The van der Waals surface area contributed by atoms with Crippen LogP contribution in [0.4, 0.5) is 0 Å². The van der Waals surface area contributed by atoms with Crippen LogP contribution in [0.3, 0.4) is 0 Å². The van der Waals surface area contributed by atoms with Crippen LogP contribution in [0.2, 0.25) is 0 Å². The van der Waals surface area contributed by atoms with E-state index in [-0.39, 0.29) is 24.4 Å². The van der Waals surface area contributed by atoms with Crippen molar-refractivity contribution in [3.05, 3.63) is 11.6 Å². The number of hydrogen-bond acceptors (Lipinski definition) is 4. The van der Waals surface area contributed by atoms with E-state index < -0.39 is 5.97 Å². The van der Waals surface area contributed by atoms with Gasteiger partial charge in [-0.05, 0) is 27.2 Å². The summed E-state index contributed by atoms with van der Waals surface area (Å²) in [5.41, 5.74) is 0.0728. The third-order valence-electron chi connectivity index (χ3n) is 1.93. The van der Waals surface area contributed by atoms with Crippen LogP contribution in [-0.2, 0) is 14.3 Å². The second-order valence-electron chi connectivity index (χ2n) is 4.11. The fraction of sp³-hybridized carbons (Fsp3) is 0.692. The van der Waals surface area contributed by atoms with E-state index in [1.807, 2.05) is 33.8 Å². The van der Waals surface area contributed by atoms with Gasteiger partial charge in [0.05, 0.1) is 12.2 Å². The number of carbonyl (C=O) groups is 1. The van der Waals surface area contributed by atoms with Gasteiger partial charge in [0.2, 0.25) is 0 Å². The van der Waals surface area contributed by atoms with Crippen molar-refractivity contribution in [1.82, 2.24) is 0 Å². The molecule has 0 aliphatic rings. The fourth-order valence-corrected chi connectivity index (χ4v) is 1.24. The van der Waals surface area contributed by atoms with Gasteiger partial charge < -0.3 is 9.47 Å². The minimum Gasteiger partial charge on any atom is -0.459 e. The molecule has 0 heterocycles. The summed E-state index contributed by atoms with van der Waals surface area (Å²) in [6.45, 7) is 7.81. The zero-order chi connectivity index (χ0) is 13.3. The SMILES string of the molecule is CCCC=C(C#N)C(=O)OCC(C)OC(C)C. The molecule has 0 aliphatic carbocycles. The summed E-state index contributed by atoms with van der Waals surface area (Å²) < 4.78 is 10.4. The molecule has 96 valence electrons. The van der Waals surface area contributed by atoms with E-state index in [0.29, 0.717) is 6.42 Å². The number of unbranched alkanes of at least 4 members (excludes halogenated alkanes) is 1. The molecule has 1 unspecified atom stereocenters. The molecule has 0 aromatic rings. The van der Waals surface area contributed by atoms with E-state index in [4.69, 9.17) is 14.7 Å². The molecule has 0 spiro atoms. The van der Waals surface area contributed by atoms with Crippen LogP contribution in [0.25, 0.3) is 0 Å². The molecule has 0 rings (SSSR count). The van der Waals surface area contributed by atoms with Crippen molar-refractivity contribution < 1.29 is 14.3 Å². The standard InChI is InChI=1S/C13H21NO3/c1-5-6-7-12(8-14)13(15)16-9-11(4)17-10(2)3/h7,10-11H,5-6,9H2,1-4H3. The normalized spacial score (nSPS) is 13.3. The van der Waals surface area contributed by atoms with Crippen molar-refractivity contribution in [2.45, 2.75) is 52.7 Å². The predicted octanol–water partition coefficient (Wildman–Crippen LogP) is 2.59. The van der Waals surface area contributed by atoms with Crippen LogP contribution in [0.5, 0.6) is 0 Å². The molecule has 0 bridgehead atoms. The quantitative estimate of drug-likeness (QED) is 0.389. The number of esters is 1. The summed E-state index contributed by atoms with van der Waals surface area (Å²) in [6, 6.07) is 1.85. The van der Waals surface area contributed by atoms with Crippen LogP contribution < -0.4 is 0 Å². The van der Waals surface area contributed by atoms with Crippen molar-refractivity contribution in [1.29, 1.82) is 5.26 Å². The Labute approximate surface area is 103 Å². The van der Waals surface area contributed by atoms with Gasteiger partial charge in [0.1, 0.15) is 18.2 Å². The maximum absolute atomic E-state index is 11.5. The van der Waals surface area contributed by atoms with Crippen molar-refractivity contribution >= 4 is 5.97 Å². The summed E-state index contributed by atoms with van der Waals surface area (Å²) in [6.07, 6.45) is 3.14. The minimum atomic E-state index is -0.569. The molecule has 1 atom stereocenters. The lowest BCUT2D eigenvalue weighted by atomic mass is 10.2. The Balaban J connectivity index is 4.12. The second kappa shape index (κ2) is 8.77. The number of nitriles is 1. The Bertz CT molecular complexity index is 302. The molecule has 0 saturated carbocycles. The second-order valence-corrected chi connectivity index (χ2v) is 4.11. The molecule has 0 radical (unpaired) electrons. The van der Waals surface area contributed by atoms with Gasteiger partial charge in [-0.25, -0.2) is 4.79 Å². The third kappa shape index (κ3) is 7.53. The zero-order valence-corrected chi connectivity index (χ0v) is 11.0. The van der Waals surface area contributed by atoms with Gasteiger partial charge in [-0.1, -0.05) is 19.4 Å². The van der Waals surface area contributed by atoms with Crippen LogP contribution in [0, 0.1) is 11.3 Å². The van der Waals surface area contributed by atoms with Crippen molar-refractivity contribution in [2.75, 3.05) is 6.61 Å². The highest BCUT2D eigenvalue weighted by molar-refractivity contribution is 5.92. The molecule has 0 aromatic carbocycles. The summed E-state index contributed by atoms with van der Waals surface area (Å²) in [5.74, 6) is -0.569. The molecular weight excluding hydrogens is 218 g/mol. The van der Waals surface area contributed by atoms with Crippen LogP contribution in [0.1, 0.15) is 40.5 Å². The smallest absolute Gasteiger partial charge is 0.348 e. The average molecular weight is 239 g/mol. The van der Waals surface area contributed by atoms with Gasteiger partial charge in [-0.15, -0.1) is 0 Å². The maximum atomic E-state index is 11.5. The minimum absolute atomic E-state index is 0.0728. The van der Waals surface area contributed by atoms with Gasteiger partial charge in [0.15, 0.2) is 0 Å². The number of nitrogens with zero attached hydrogens (tertiary/aromatic N) is 1. The number of rotatable bonds is 7. The molecule has 0 N–H and O–H groups in total. The lowest BCUT2D eigenvalue weighted by Gasteiger charge is -2.15. The number of allylic oxidation sites excluding steroid dienone is 1. The van der Waals surface area contributed by atoms with Crippen LogP contribution in [0.15, 0.2) is 11.6 Å². The van der Waals surface area contributed by atoms with Crippen LogP contribution in [-0.4, -0.2) is 24.8 Å². The molecule has 4 heteroatoms. The monoisotopic (exact) mass is 239 g/mol.